The maximum atomic E-state index is 2.62. The second-order valence-electron chi connectivity index (χ2n) is 10.8. The third-order valence-corrected chi connectivity index (χ3v) is 6.67. The topological polar surface area (TPSA) is 3.24 Å². The van der Waals surface area contributed by atoms with Crippen LogP contribution < -0.4 is 0 Å². The Balaban J connectivity index is 1.87. The zero-order chi connectivity index (χ0) is 19.7. The lowest BCUT2D eigenvalue weighted by atomic mass is 9.59. The Bertz CT molecular complexity index is 663. The van der Waals surface area contributed by atoms with E-state index in [1.807, 2.05) is 0 Å². The van der Waals surface area contributed by atoms with Gasteiger partial charge in [0.2, 0.25) is 0 Å². The van der Waals surface area contributed by atoms with Crippen molar-refractivity contribution >= 4 is 5.57 Å². The van der Waals surface area contributed by atoms with Crippen LogP contribution in [0.5, 0.6) is 0 Å². The van der Waals surface area contributed by atoms with E-state index in [9.17, 15) is 0 Å². The van der Waals surface area contributed by atoms with Crippen LogP contribution in [0.3, 0.4) is 0 Å². The van der Waals surface area contributed by atoms with Gasteiger partial charge in [-0.1, -0.05) is 70.9 Å². The fourth-order valence-corrected chi connectivity index (χ4v) is 5.92. The molecule has 0 amide bonds. The van der Waals surface area contributed by atoms with E-state index in [0.717, 1.165) is 6.54 Å². The minimum Gasteiger partial charge on any atom is -0.299 e. The number of unbranched alkanes of at least 4 members (excludes halogenated alkanes) is 1. The Morgan fingerprint density at radius 2 is 1.78 bits per heavy atom. The molecule has 2 aliphatic rings. The van der Waals surface area contributed by atoms with Crippen LogP contribution in [0.4, 0.5) is 0 Å². The van der Waals surface area contributed by atoms with Crippen LogP contribution in [-0.2, 0) is 0 Å². The van der Waals surface area contributed by atoms with Gasteiger partial charge in [-0.15, -0.1) is 0 Å². The number of hydrogen-bond acceptors (Lipinski definition) is 1. The average Bonchev–Trinajstić information content (AvgIpc) is 2.58. The third-order valence-electron chi connectivity index (χ3n) is 6.67. The van der Waals surface area contributed by atoms with Gasteiger partial charge in [0, 0.05) is 13.1 Å². The van der Waals surface area contributed by atoms with Crippen molar-refractivity contribution in [3.05, 3.63) is 41.0 Å². The first-order valence-electron chi connectivity index (χ1n) is 11.2. The van der Waals surface area contributed by atoms with Crippen LogP contribution in [0, 0.1) is 17.8 Å². The summed E-state index contributed by atoms with van der Waals surface area (Å²) in [5.41, 5.74) is 7.06. The highest BCUT2D eigenvalue weighted by Gasteiger charge is 2.39. The van der Waals surface area contributed by atoms with Crippen molar-refractivity contribution < 1.29 is 0 Å². The standard InChI is InChI=1S/C26H41N/c1-7-8-13-27-14-11-21(12-15-27)23-10-9-20(2)16-24(23)22-17-25(3,4)19-26(5,6)18-22/h9-11,16,22H,7-8,12-15,17-19H2,1-6H3. The van der Waals surface area contributed by atoms with E-state index >= 15 is 0 Å². The molecule has 1 aromatic carbocycles. The lowest BCUT2D eigenvalue weighted by Crippen LogP contribution is -2.33. The normalized spacial score (nSPS) is 23.3. The van der Waals surface area contributed by atoms with Crippen molar-refractivity contribution in [2.24, 2.45) is 10.8 Å². The Morgan fingerprint density at radius 3 is 2.37 bits per heavy atom. The molecule has 0 unspecified atom stereocenters. The van der Waals surface area contributed by atoms with Gasteiger partial charge in [-0.2, -0.15) is 0 Å². The second-order valence-corrected chi connectivity index (χ2v) is 10.8. The minimum absolute atomic E-state index is 0.436. The molecule has 3 rings (SSSR count). The molecule has 0 aromatic heterocycles. The highest BCUT2D eigenvalue weighted by molar-refractivity contribution is 5.70. The Kier molecular flexibility index (Phi) is 6.21. The van der Waals surface area contributed by atoms with Gasteiger partial charge in [0.25, 0.3) is 0 Å². The van der Waals surface area contributed by atoms with Crippen molar-refractivity contribution in [1.82, 2.24) is 4.90 Å². The summed E-state index contributed by atoms with van der Waals surface area (Å²) in [5.74, 6) is 0.692. The smallest absolute Gasteiger partial charge is 0.0169 e. The number of hydrogen-bond donors (Lipinski definition) is 0. The van der Waals surface area contributed by atoms with Crippen LogP contribution in [0.2, 0.25) is 0 Å². The van der Waals surface area contributed by atoms with Crippen LogP contribution in [0.25, 0.3) is 5.57 Å². The summed E-state index contributed by atoms with van der Waals surface area (Å²) >= 11 is 0. The van der Waals surface area contributed by atoms with Gasteiger partial charge in [-0.05, 0) is 79.0 Å². The van der Waals surface area contributed by atoms with E-state index in [1.54, 1.807) is 16.7 Å². The van der Waals surface area contributed by atoms with Crippen molar-refractivity contribution in [3.63, 3.8) is 0 Å². The van der Waals surface area contributed by atoms with Crippen molar-refractivity contribution in [1.29, 1.82) is 0 Å². The predicted molar refractivity (Wildman–Crippen MR) is 119 cm³/mol. The molecular formula is C26H41N. The summed E-state index contributed by atoms with van der Waals surface area (Å²) < 4.78 is 0. The predicted octanol–water partition coefficient (Wildman–Crippen LogP) is 7.20. The number of benzene rings is 1. The number of nitrogens with zero attached hydrogens (tertiary/aromatic N) is 1. The molecule has 1 heteroatoms. The molecule has 0 N–H and O–H groups in total. The molecular weight excluding hydrogens is 326 g/mol. The Hall–Kier alpha value is -1.08. The van der Waals surface area contributed by atoms with Crippen molar-refractivity contribution in [2.45, 2.75) is 86.0 Å². The van der Waals surface area contributed by atoms with Gasteiger partial charge in [0.15, 0.2) is 0 Å². The molecule has 1 aromatic rings. The molecule has 1 aliphatic heterocycles. The monoisotopic (exact) mass is 367 g/mol. The molecule has 1 fully saturated rings. The van der Waals surface area contributed by atoms with E-state index in [-0.39, 0.29) is 0 Å². The molecule has 1 heterocycles. The van der Waals surface area contributed by atoms with Gasteiger partial charge in [-0.3, -0.25) is 4.90 Å². The summed E-state index contributed by atoms with van der Waals surface area (Å²) in [6, 6.07) is 7.25. The van der Waals surface area contributed by atoms with E-state index < -0.39 is 0 Å². The lowest BCUT2D eigenvalue weighted by molar-refractivity contribution is 0.0968. The zero-order valence-electron chi connectivity index (χ0n) is 18.7. The summed E-state index contributed by atoms with van der Waals surface area (Å²) in [7, 11) is 0. The molecule has 0 saturated heterocycles. The molecule has 150 valence electrons. The first kappa shape index (κ1) is 20.6. The van der Waals surface area contributed by atoms with E-state index in [0.29, 0.717) is 16.7 Å². The first-order chi connectivity index (χ1) is 12.7. The minimum atomic E-state index is 0.436. The molecule has 27 heavy (non-hydrogen) atoms. The van der Waals surface area contributed by atoms with Crippen molar-refractivity contribution in [3.8, 4) is 0 Å². The van der Waals surface area contributed by atoms with Gasteiger partial charge in [-0.25, -0.2) is 0 Å². The zero-order valence-corrected chi connectivity index (χ0v) is 18.7. The van der Waals surface area contributed by atoms with Gasteiger partial charge >= 0.3 is 0 Å². The lowest BCUT2D eigenvalue weighted by Gasteiger charge is -2.46. The maximum absolute atomic E-state index is 2.62. The van der Waals surface area contributed by atoms with Gasteiger partial charge in [0.1, 0.15) is 0 Å². The summed E-state index contributed by atoms with van der Waals surface area (Å²) in [6.45, 7) is 18.1. The molecule has 0 radical (unpaired) electrons. The Morgan fingerprint density at radius 1 is 1.07 bits per heavy atom. The Labute approximate surface area is 168 Å². The maximum Gasteiger partial charge on any atom is 0.0169 e. The summed E-state index contributed by atoms with van der Waals surface area (Å²) in [6.07, 6.45) is 10.3. The van der Waals surface area contributed by atoms with Gasteiger partial charge in [0.05, 0.1) is 0 Å². The largest absolute Gasteiger partial charge is 0.299 e. The third kappa shape index (κ3) is 5.25. The molecule has 1 aliphatic carbocycles. The molecule has 0 atom stereocenters. The van der Waals surface area contributed by atoms with E-state index in [1.165, 1.54) is 57.2 Å². The van der Waals surface area contributed by atoms with Crippen LogP contribution in [-0.4, -0.2) is 24.5 Å². The van der Waals surface area contributed by atoms with E-state index in [2.05, 4.69) is 70.7 Å². The van der Waals surface area contributed by atoms with Gasteiger partial charge < -0.3 is 0 Å². The molecule has 1 nitrogen and oxygen atoms in total. The highest BCUT2D eigenvalue weighted by atomic mass is 15.1. The van der Waals surface area contributed by atoms with Crippen molar-refractivity contribution in [2.75, 3.05) is 19.6 Å². The molecule has 0 bridgehead atoms. The molecule has 0 spiro atoms. The second kappa shape index (κ2) is 8.11. The first-order valence-corrected chi connectivity index (χ1v) is 11.2. The summed E-state index contributed by atoms with van der Waals surface area (Å²) in [5, 5.41) is 0. The average molecular weight is 368 g/mol. The SMILES string of the molecule is CCCCN1CC=C(c2ccc(C)cc2C2CC(C)(C)CC(C)(C)C2)CC1. The quantitative estimate of drug-likeness (QED) is 0.531. The summed E-state index contributed by atoms with van der Waals surface area (Å²) in [4.78, 5) is 2.62. The van der Waals surface area contributed by atoms with E-state index in [4.69, 9.17) is 0 Å². The number of rotatable bonds is 5. The number of aryl methyl sites for hydroxylation is 1. The van der Waals surface area contributed by atoms with Crippen LogP contribution >= 0.6 is 0 Å². The van der Waals surface area contributed by atoms with Crippen LogP contribution in [0.1, 0.15) is 95.8 Å². The highest BCUT2D eigenvalue weighted by Crippen LogP contribution is 2.52. The fraction of sp³-hybridized carbons (Fsp3) is 0.692. The fourth-order valence-electron chi connectivity index (χ4n) is 5.92. The van der Waals surface area contributed by atoms with Crippen LogP contribution in [0.15, 0.2) is 24.3 Å². The molecule has 1 saturated carbocycles.